The van der Waals surface area contributed by atoms with E-state index in [1.807, 2.05) is 30.3 Å². The SMILES string of the molecule is OCCOc1cccc2oc3cc(Cl)ccc3c12. The van der Waals surface area contributed by atoms with E-state index in [4.69, 9.17) is 25.9 Å². The molecule has 1 heterocycles. The molecule has 3 aromatic rings. The van der Waals surface area contributed by atoms with E-state index in [1.165, 1.54) is 0 Å². The minimum absolute atomic E-state index is 0.0159. The molecule has 0 fully saturated rings. The molecule has 0 amide bonds. The Balaban J connectivity index is 2.27. The molecule has 0 atom stereocenters. The van der Waals surface area contributed by atoms with Crippen LogP contribution in [0.25, 0.3) is 21.9 Å². The van der Waals surface area contributed by atoms with Crippen LogP contribution in [0.1, 0.15) is 0 Å². The van der Waals surface area contributed by atoms with Crippen LogP contribution in [-0.4, -0.2) is 18.3 Å². The molecule has 2 aromatic carbocycles. The van der Waals surface area contributed by atoms with E-state index in [0.717, 1.165) is 21.9 Å². The van der Waals surface area contributed by atoms with Gasteiger partial charge in [-0.25, -0.2) is 0 Å². The van der Waals surface area contributed by atoms with Crippen molar-refractivity contribution in [2.75, 3.05) is 13.2 Å². The number of aliphatic hydroxyl groups excluding tert-OH is 1. The van der Waals surface area contributed by atoms with Crippen molar-refractivity contribution in [2.24, 2.45) is 0 Å². The number of ether oxygens (including phenoxy) is 1. The lowest BCUT2D eigenvalue weighted by atomic mass is 10.1. The number of halogens is 1. The number of hydrogen-bond acceptors (Lipinski definition) is 3. The lowest BCUT2D eigenvalue weighted by Gasteiger charge is -2.04. The van der Waals surface area contributed by atoms with Gasteiger partial charge in [-0.05, 0) is 24.3 Å². The van der Waals surface area contributed by atoms with E-state index >= 15 is 0 Å². The average molecular weight is 263 g/mol. The molecule has 18 heavy (non-hydrogen) atoms. The molecule has 4 heteroatoms. The molecule has 92 valence electrons. The molecule has 0 radical (unpaired) electrons. The van der Waals surface area contributed by atoms with E-state index < -0.39 is 0 Å². The molecule has 3 rings (SSSR count). The first-order chi connectivity index (χ1) is 8.79. The Morgan fingerprint density at radius 3 is 2.89 bits per heavy atom. The molecule has 1 N–H and O–H groups in total. The van der Waals surface area contributed by atoms with Crippen molar-refractivity contribution in [2.45, 2.75) is 0 Å². The van der Waals surface area contributed by atoms with E-state index in [2.05, 4.69) is 0 Å². The number of hydrogen-bond donors (Lipinski definition) is 1. The maximum Gasteiger partial charge on any atom is 0.139 e. The van der Waals surface area contributed by atoms with Gasteiger partial charge in [-0.15, -0.1) is 0 Å². The van der Waals surface area contributed by atoms with Crippen molar-refractivity contribution in [3.63, 3.8) is 0 Å². The first-order valence-electron chi connectivity index (χ1n) is 5.64. The van der Waals surface area contributed by atoms with Crippen LogP contribution in [0.15, 0.2) is 40.8 Å². The zero-order valence-electron chi connectivity index (χ0n) is 9.52. The van der Waals surface area contributed by atoms with Gasteiger partial charge in [-0.3, -0.25) is 0 Å². The first kappa shape index (κ1) is 11.4. The fraction of sp³-hybridized carbons (Fsp3) is 0.143. The standard InChI is InChI=1S/C14H11ClO3/c15-9-4-5-10-13(8-9)18-12-3-1-2-11(14(10)12)17-7-6-16/h1-5,8,16H,6-7H2. The monoisotopic (exact) mass is 262 g/mol. The Morgan fingerprint density at radius 2 is 2.06 bits per heavy atom. The summed E-state index contributed by atoms with van der Waals surface area (Å²) in [6.45, 7) is 0.247. The maximum atomic E-state index is 8.83. The van der Waals surface area contributed by atoms with Gasteiger partial charge in [0, 0.05) is 16.5 Å². The fourth-order valence-corrected chi connectivity index (χ4v) is 2.21. The van der Waals surface area contributed by atoms with Gasteiger partial charge in [0.15, 0.2) is 0 Å². The zero-order chi connectivity index (χ0) is 12.5. The highest BCUT2D eigenvalue weighted by Gasteiger charge is 2.11. The van der Waals surface area contributed by atoms with Crippen LogP contribution in [0.4, 0.5) is 0 Å². The summed E-state index contributed by atoms with van der Waals surface area (Å²) in [5.41, 5.74) is 1.49. The van der Waals surface area contributed by atoms with Crippen LogP contribution in [0.2, 0.25) is 5.02 Å². The van der Waals surface area contributed by atoms with Crippen LogP contribution < -0.4 is 4.74 Å². The van der Waals surface area contributed by atoms with Crippen molar-refractivity contribution in [1.29, 1.82) is 0 Å². The average Bonchev–Trinajstić information content (AvgIpc) is 2.73. The van der Waals surface area contributed by atoms with Crippen molar-refractivity contribution in [3.05, 3.63) is 41.4 Å². The Hall–Kier alpha value is -1.71. The van der Waals surface area contributed by atoms with Crippen LogP contribution >= 0.6 is 11.6 Å². The van der Waals surface area contributed by atoms with E-state index in [9.17, 15) is 0 Å². The zero-order valence-corrected chi connectivity index (χ0v) is 10.3. The molecule has 1 aromatic heterocycles. The van der Waals surface area contributed by atoms with E-state index in [1.54, 1.807) is 6.07 Å². The van der Waals surface area contributed by atoms with Gasteiger partial charge in [0.1, 0.15) is 23.5 Å². The fourth-order valence-electron chi connectivity index (χ4n) is 2.04. The van der Waals surface area contributed by atoms with Gasteiger partial charge in [0.05, 0.1) is 12.0 Å². The van der Waals surface area contributed by atoms with Gasteiger partial charge in [-0.1, -0.05) is 17.7 Å². The number of fused-ring (bicyclic) bond motifs is 3. The minimum atomic E-state index is -0.0159. The molecule has 0 aliphatic carbocycles. The van der Waals surface area contributed by atoms with Gasteiger partial charge in [0.25, 0.3) is 0 Å². The topological polar surface area (TPSA) is 42.6 Å². The number of rotatable bonds is 3. The molecule has 0 bridgehead atoms. The molecule has 3 nitrogen and oxygen atoms in total. The Labute approximate surface area is 109 Å². The number of benzene rings is 2. The molecule has 0 aliphatic rings. The highest BCUT2D eigenvalue weighted by molar-refractivity contribution is 6.31. The molecule has 0 spiro atoms. The second-order valence-electron chi connectivity index (χ2n) is 3.94. The van der Waals surface area contributed by atoms with E-state index in [-0.39, 0.29) is 13.2 Å². The molecule has 0 unspecified atom stereocenters. The lowest BCUT2D eigenvalue weighted by molar-refractivity contribution is 0.203. The van der Waals surface area contributed by atoms with Gasteiger partial charge in [0.2, 0.25) is 0 Å². The summed E-state index contributed by atoms with van der Waals surface area (Å²) in [6.07, 6.45) is 0. The third-order valence-corrected chi connectivity index (χ3v) is 3.00. The highest BCUT2D eigenvalue weighted by atomic mass is 35.5. The lowest BCUT2D eigenvalue weighted by Crippen LogP contribution is -2.01. The third kappa shape index (κ3) is 1.82. The number of furan rings is 1. The summed E-state index contributed by atoms with van der Waals surface area (Å²) >= 11 is 5.95. The predicted octanol–water partition coefficient (Wildman–Crippen LogP) is 3.61. The Bertz CT molecular complexity index is 703. The van der Waals surface area contributed by atoms with Crippen molar-refractivity contribution in [1.82, 2.24) is 0 Å². The van der Waals surface area contributed by atoms with Crippen LogP contribution in [0.3, 0.4) is 0 Å². The second-order valence-corrected chi connectivity index (χ2v) is 4.38. The van der Waals surface area contributed by atoms with Crippen molar-refractivity contribution >= 4 is 33.5 Å². The van der Waals surface area contributed by atoms with Crippen LogP contribution in [0, 0.1) is 0 Å². The number of aliphatic hydroxyl groups is 1. The van der Waals surface area contributed by atoms with Gasteiger partial charge < -0.3 is 14.3 Å². The van der Waals surface area contributed by atoms with E-state index in [0.29, 0.717) is 10.8 Å². The highest BCUT2D eigenvalue weighted by Crippen LogP contribution is 2.36. The summed E-state index contributed by atoms with van der Waals surface area (Å²) in [6, 6.07) is 11.1. The predicted molar refractivity (Wildman–Crippen MR) is 71.3 cm³/mol. The van der Waals surface area contributed by atoms with Crippen molar-refractivity contribution < 1.29 is 14.3 Å². The smallest absolute Gasteiger partial charge is 0.139 e. The summed E-state index contributed by atoms with van der Waals surface area (Å²) < 4.78 is 11.2. The second kappa shape index (κ2) is 4.52. The Kier molecular flexibility index (Phi) is 2.86. The molecule has 0 aliphatic heterocycles. The van der Waals surface area contributed by atoms with Crippen molar-refractivity contribution in [3.8, 4) is 5.75 Å². The van der Waals surface area contributed by atoms with Crippen LogP contribution in [-0.2, 0) is 0 Å². The molecular formula is C14H11ClO3. The third-order valence-electron chi connectivity index (χ3n) is 2.77. The summed E-state index contributed by atoms with van der Waals surface area (Å²) in [4.78, 5) is 0. The van der Waals surface area contributed by atoms with Gasteiger partial charge >= 0.3 is 0 Å². The quantitative estimate of drug-likeness (QED) is 0.784. The summed E-state index contributed by atoms with van der Waals surface area (Å²) in [5.74, 6) is 0.711. The van der Waals surface area contributed by atoms with Crippen LogP contribution in [0.5, 0.6) is 5.75 Å². The molecular weight excluding hydrogens is 252 g/mol. The minimum Gasteiger partial charge on any atom is -0.490 e. The normalized spacial score (nSPS) is 11.2. The largest absolute Gasteiger partial charge is 0.490 e. The Morgan fingerprint density at radius 1 is 1.17 bits per heavy atom. The van der Waals surface area contributed by atoms with Gasteiger partial charge in [-0.2, -0.15) is 0 Å². The summed E-state index contributed by atoms with van der Waals surface area (Å²) in [5, 5.41) is 11.3. The molecule has 0 saturated heterocycles. The summed E-state index contributed by atoms with van der Waals surface area (Å²) in [7, 11) is 0. The molecule has 0 saturated carbocycles. The first-order valence-corrected chi connectivity index (χ1v) is 6.02. The maximum absolute atomic E-state index is 8.83.